The zero-order valence-electron chi connectivity index (χ0n) is 9.50. The first-order valence-corrected chi connectivity index (χ1v) is 7.11. The zero-order valence-corrected chi connectivity index (χ0v) is 12.6. The molecule has 1 nitrogen and oxygen atoms in total. The van der Waals surface area contributed by atoms with Gasteiger partial charge in [0.1, 0.15) is 12.4 Å². The van der Waals surface area contributed by atoms with Crippen LogP contribution in [0.4, 0.5) is 0 Å². The van der Waals surface area contributed by atoms with Crippen LogP contribution in [0.2, 0.25) is 5.02 Å². The van der Waals surface area contributed by atoms with Crippen molar-refractivity contribution >= 4 is 39.1 Å². The number of rotatable bonds is 4. The molecule has 0 aliphatic heterocycles. The number of halogens is 3. The molecule has 0 unspecified atom stereocenters. The van der Waals surface area contributed by atoms with Crippen LogP contribution in [0.25, 0.3) is 0 Å². The molecule has 4 heteroatoms. The fourth-order valence-electron chi connectivity index (χ4n) is 1.49. The fraction of sp³-hybridized carbons (Fsp3) is 0.143. The lowest BCUT2D eigenvalue weighted by atomic mass is 10.2. The molecule has 2 aromatic carbocycles. The van der Waals surface area contributed by atoms with Gasteiger partial charge in [-0.25, -0.2) is 0 Å². The smallest absolute Gasteiger partial charge is 0.120 e. The molecular formula is C14H11BrCl2O. The number of ether oxygens (including phenoxy) is 1. The lowest BCUT2D eigenvalue weighted by molar-refractivity contribution is 0.306. The molecule has 0 aliphatic carbocycles. The molecule has 0 fully saturated rings. The molecule has 0 saturated heterocycles. The van der Waals surface area contributed by atoms with Crippen LogP contribution in [0.5, 0.6) is 5.75 Å². The van der Waals surface area contributed by atoms with E-state index in [0.29, 0.717) is 12.5 Å². The van der Waals surface area contributed by atoms with Crippen molar-refractivity contribution in [1.82, 2.24) is 0 Å². The van der Waals surface area contributed by atoms with Gasteiger partial charge in [0.15, 0.2) is 0 Å². The maximum Gasteiger partial charge on any atom is 0.120 e. The molecule has 0 aromatic heterocycles. The SMILES string of the molecule is ClCc1cc(OCc2ccc(Cl)cc2)ccc1Br. The summed E-state index contributed by atoms with van der Waals surface area (Å²) < 4.78 is 6.70. The molecule has 0 atom stereocenters. The molecule has 0 N–H and O–H groups in total. The minimum atomic E-state index is 0.457. The standard InChI is InChI=1S/C14H11BrCl2O/c15-14-6-5-13(7-11(14)8-16)18-9-10-1-3-12(17)4-2-10/h1-7H,8-9H2. The van der Waals surface area contributed by atoms with Gasteiger partial charge in [0, 0.05) is 15.4 Å². The Morgan fingerprint density at radius 2 is 1.78 bits per heavy atom. The molecule has 18 heavy (non-hydrogen) atoms. The number of hydrogen-bond acceptors (Lipinski definition) is 1. The van der Waals surface area contributed by atoms with Crippen molar-refractivity contribution in [1.29, 1.82) is 0 Å². The summed E-state index contributed by atoms with van der Waals surface area (Å²) in [5, 5.41) is 0.729. The normalized spacial score (nSPS) is 10.4. The number of benzene rings is 2. The van der Waals surface area contributed by atoms with Gasteiger partial charge in [-0.2, -0.15) is 0 Å². The maximum atomic E-state index is 5.84. The minimum Gasteiger partial charge on any atom is -0.489 e. The zero-order chi connectivity index (χ0) is 13.0. The summed E-state index contributed by atoms with van der Waals surface area (Å²) >= 11 is 15.1. The second-order valence-electron chi connectivity index (χ2n) is 3.80. The predicted molar refractivity (Wildman–Crippen MR) is 79.5 cm³/mol. The summed E-state index contributed by atoms with van der Waals surface area (Å²) in [5.41, 5.74) is 2.10. The van der Waals surface area contributed by atoms with E-state index in [1.54, 1.807) is 0 Å². The Labute approximate surface area is 125 Å². The highest BCUT2D eigenvalue weighted by molar-refractivity contribution is 9.10. The summed E-state index contributed by atoms with van der Waals surface area (Å²) in [6.07, 6.45) is 0. The van der Waals surface area contributed by atoms with Gasteiger partial charge >= 0.3 is 0 Å². The van der Waals surface area contributed by atoms with Crippen LogP contribution in [0.1, 0.15) is 11.1 Å². The molecule has 0 bridgehead atoms. The van der Waals surface area contributed by atoms with Crippen LogP contribution in [0, 0.1) is 0 Å². The second-order valence-corrected chi connectivity index (χ2v) is 5.36. The van der Waals surface area contributed by atoms with Gasteiger partial charge in [0.25, 0.3) is 0 Å². The topological polar surface area (TPSA) is 9.23 Å². The number of hydrogen-bond donors (Lipinski definition) is 0. The predicted octanol–water partition coefficient (Wildman–Crippen LogP) is 5.42. The minimum absolute atomic E-state index is 0.457. The third-order valence-electron chi connectivity index (χ3n) is 2.48. The van der Waals surface area contributed by atoms with Gasteiger partial charge < -0.3 is 4.74 Å². The first kappa shape index (κ1) is 13.7. The molecule has 0 spiro atoms. The van der Waals surface area contributed by atoms with Crippen LogP contribution in [-0.2, 0) is 12.5 Å². The molecule has 0 amide bonds. The van der Waals surface area contributed by atoms with Gasteiger partial charge in [-0.3, -0.25) is 0 Å². The van der Waals surface area contributed by atoms with E-state index in [-0.39, 0.29) is 0 Å². The molecule has 0 saturated carbocycles. The van der Waals surface area contributed by atoms with E-state index in [9.17, 15) is 0 Å². The van der Waals surface area contributed by atoms with Crippen molar-refractivity contribution in [3.05, 3.63) is 63.1 Å². The highest BCUT2D eigenvalue weighted by atomic mass is 79.9. The molecule has 0 radical (unpaired) electrons. The van der Waals surface area contributed by atoms with E-state index in [1.807, 2.05) is 42.5 Å². The van der Waals surface area contributed by atoms with E-state index < -0.39 is 0 Å². The Morgan fingerprint density at radius 3 is 2.44 bits per heavy atom. The highest BCUT2D eigenvalue weighted by Crippen LogP contribution is 2.24. The molecule has 0 aliphatic rings. The summed E-state index contributed by atoms with van der Waals surface area (Å²) in [6.45, 7) is 0.514. The van der Waals surface area contributed by atoms with E-state index in [1.165, 1.54) is 0 Å². The summed E-state index contributed by atoms with van der Waals surface area (Å²) in [5.74, 6) is 1.27. The van der Waals surface area contributed by atoms with Crippen LogP contribution in [-0.4, -0.2) is 0 Å². The van der Waals surface area contributed by atoms with E-state index in [0.717, 1.165) is 26.4 Å². The van der Waals surface area contributed by atoms with Gasteiger partial charge in [-0.05, 0) is 41.5 Å². The number of alkyl halides is 1. The van der Waals surface area contributed by atoms with Crippen molar-refractivity contribution in [3.63, 3.8) is 0 Å². The van der Waals surface area contributed by atoms with E-state index in [2.05, 4.69) is 15.9 Å². The summed E-state index contributed by atoms with van der Waals surface area (Å²) in [4.78, 5) is 0. The average molecular weight is 346 g/mol. The molecule has 0 heterocycles. The summed E-state index contributed by atoms with van der Waals surface area (Å²) in [7, 11) is 0. The molecule has 94 valence electrons. The second kappa shape index (κ2) is 6.46. The maximum absolute atomic E-state index is 5.84. The summed E-state index contributed by atoms with van der Waals surface area (Å²) in [6, 6.07) is 13.4. The van der Waals surface area contributed by atoms with E-state index >= 15 is 0 Å². The third-order valence-corrected chi connectivity index (χ3v) is 3.79. The van der Waals surface area contributed by atoms with Crippen LogP contribution >= 0.6 is 39.1 Å². The molecule has 2 rings (SSSR count). The first-order chi connectivity index (χ1) is 8.69. The van der Waals surface area contributed by atoms with Gasteiger partial charge in [0.2, 0.25) is 0 Å². The van der Waals surface area contributed by atoms with Gasteiger partial charge in [0.05, 0.1) is 0 Å². The van der Waals surface area contributed by atoms with Crippen molar-refractivity contribution < 1.29 is 4.74 Å². The van der Waals surface area contributed by atoms with Gasteiger partial charge in [-0.15, -0.1) is 11.6 Å². The van der Waals surface area contributed by atoms with Crippen molar-refractivity contribution in [2.75, 3.05) is 0 Å². The quantitative estimate of drug-likeness (QED) is 0.672. The van der Waals surface area contributed by atoms with E-state index in [4.69, 9.17) is 27.9 Å². The fourth-order valence-corrected chi connectivity index (χ4v) is 2.39. The molecular weight excluding hydrogens is 335 g/mol. The van der Waals surface area contributed by atoms with Crippen LogP contribution < -0.4 is 4.74 Å². The average Bonchev–Trinajstić information content (AvgIpc) is 2.39. The lowest BCUT2D eigenvalue weighted by Crippen LogP contribution is -1.95. The van der Waals surface area contributed by atoms with Crippen LogP contribution in [0.3, 0.4) is 0 Å². The first-order valence-electron chi connectivity index (χ1n) is 5.40. The Hall–Kier alpha value is -0.700. The lowest BCUT2D eigenvalue weighted by Gasteiger charge is -2.08. The highest BCUT2D eigenvalue weighted by Gasteiger charge is 2.02. The third kappa shape index (κ3) is 3.64. The van der Waals surface area contributed by atoms with Crippen LogP contribution in [0.15, 0.2) is 46.9 Å². The van der Waals surface area contributed by atoms with Crippen molar-refractivity contribution in [3.8, 4) is 5.75 Å². The Bertz CT molecular complexity index is 526. The van der Waals surface area contributed by atoms with Crippen molar-refractivity contribution in [2.45, 2.75) is 12.5 Å². The van der Waals surface area contributed by atoms with Gasteiger partial charge in [-0.1, -0.05) is 39.7 Å². The monoisotopic (exact) mass is 344 g/mol. The molecule has 2 aromatic rings. The Morgan fingerprint density at radius 1 is 1.06 bits per heavy atom. The Balaban J connectivity index is 2.04. The largest absolute Gasteiger partial charge is 0.489 e. The van der Waals surface area contributed by atoms with Crippen molar-refractivity contribution in [2.24, 2.45) is 0 Å². The Kier molecular flexibility index (Phi) is 4.93.